The third-order valence-electron chi connectivity index (χ3n) is 6.02. The summed E-state index contributed by atoms with van der Waals surface area (Å²) in [5.41, 5.74) is 3.18. The molecule has 2 aliphatic rings. The summed E-state index contributed by atoms with van der Waals surface area (Å²) in [5, 5.41) is 7.84. The van der Waals surface area contributed by atoms with Crippen LogP contribution in [0.2, 0.25) is 0 Å². The van der Waals surface area contributed by atoms with Gasteiger partial charge in [0.1, 0.15) is 5.75 Å². The quantitative estimate of drug-likeness (QED) is 0.861. The molecule has 4 rings (SSSR count). The van der Waals surface area contributed by atoms with E-state index in [2.05, 4.69) is 24.3 Å². The molecule has 154 valence electrons. The number of carbonyl (C=O) groups excluding carboxylic acids is 2. The van der Waals surface area contributed by atoms with Crippen LogP contribution < -0.4 is 10.1 Å². The minimum absolute atomic E-state index is 0.0253. The standard InChI is InChI=1S/C22H28N4O3/c1-22(2)10-18(24-21(28)14-9-20(27)25(3)13-14)17-12-23-26(19(17)11-22)15-5-7-16(29-4)8-6-15/h5-8,12,14,18H,9-11,13H2,1-4H3,(H,24,28)/t14-,18+/m0/s1. The van der Waals surface area contributed by atoms with Crippen molar-refractivity contribution in [2.45, 2.75) is 39.2 Å². The first-order valence-electron chi connectivity index (χ1n) is 10.0. The lowest BCUT2D eigenvalue weighted by atomic mass is 9.74. The van der Waals surface area contributed by atoms with Crippen LogP contribution in [-0.2, 0) is 16.0 Å². The van der Waals surface area contributed by atoms with Gasteiger partial charge in [0.2, 0.25) is 11.8 Å². The first-order chi connectivity index (χ1) is 13.8. The molecule has 1 aromatic heterocycles. The lowest BCUT2D eigenvalue weighted by molar-refractivity contribution is -0.128. The van der Waals surface area contributed by atoms with Crippen molar-refractivity contribution in [2.24, 2.45) is 11.3 Å². The van der Waals surface area contributed by atoms with Gasteiger partial charge in [0, 0.05) is 25.6 Å². The van der Waals surface area contributed by atoms with Gasteiger partial charge in [-0.05, 0) is 42.5 Å². The molecule has 0 radical (unpaired) electrons. The van der Waals surface area contributed by atoms with Crippen LogP contribution in [0.25, 0.3) is 5.69 Å². The summed E-state index contributed by atoms with van der Waals surface area (Å²) in [6.07, 6.45) is 3.88. The maximum atomic E-state index is 12.8. The van der Waals surface area contributed by atoms with E-state index in [1.54, 1.807) is 19.1 Å². The van der Waals surface area contributed by atoms with Crippen molar-refractivity contribution in [3.8, 4) is 11.4 Å². The Bertz CT molecular complexity index is 932. The zero-order valence-electron chi connectivity index (χ0n) is 17.4. The molecule has 0 spiro atoms. The van der Waals surface area contributed by atoms with E-state index in [0.717, 1.165) is 35.5 Å². The van der Waals surface area contributed by atoms with Crippen LogP contribution in [-0.4, -0.2) is 47.2 Å². The number of nitrogens with one attached hydrogen (secondary N) is 1. The van der Waals surface area contributed by atoms with Crippen LogP contribution in [0.3, 0.4) is 0 Å². The summed E-state index contributed by atoms with van der Waals surface area (Å²) >= 11 is 0. The summed E-state index contributed by atoms with van der Waals surface area (Å²) < 4.78 is 7.21. The number of amides is 2. The highest BCUT2D eigenvalue weighted by Crippen LogP contribution is 2.41. The number of nitrogens with zero attached hydrogens (tertiary/aromatic N) is 3. The van der Waals surface area contributed by atoms with E-state index < -0.39 is 0 Å². The number of benzene rings is 1. The number of hydrogen-bond donors (Lipinski definition) is 1. The van der Waals surface area contributed by atoms with Crippen molar-refractivity contribution in [1.82, 2.24) is 20.0 Å². The second-order valence-electron chi connectivity index (χ2n) is 8.94. The number of hydrogen-bond acceptors (Lipinski definition) is 4. The number of likely N-dealkylation sites (tertiary alicyclic amines) is 1. The Morgan fingerprint density at radius 2 is 2.00 bits per heavy atom. The third-order valence-corrected chi connectivity index (χ3v) is 6.02. The zero-order valence-corrected chi connectivity index (χ0v) is 17.4. The van der Waals surface area contributed by atoms with E-state index in [0.29, 0.717) is 6.54 Å². The normalized spacial score (nSPS) is 23.0. The van der Waals surface area contributed by atoms with E-state index >= 15 is 0 Å². The predicted molar refractivity (Wildman–Crippen MR) is 109 cm³/mol. The lowest BCUT2D eigenvalue weighted by Gasteiger charge is -2.36. The maximum absolute atomic E-state index is 12.8. The number of fused-ring (bicyclic) bond motifs is 1. The van der Waals surface area contributed by atoms with Crippen molar-refractivity contribution in [1.29, 1.82) is 0 Å². The molecular weight excluding hydrogens is 368 g/mol. The summed E-state index contributed by atoms with van der Waals surface area (Å²) in [5.74, 6) is 0.504. The number of aromatic nitrogens is 2. The van der Waals surface area contributed by atoms with Gasteiger partial charge in [-0.1, -0.05) is 13.8 Å². The Morgan fingerprint density at radius 1 is 1.28 bits per heavy atom. The Hall–Kier alpha value is -2.83. The second kappa shape index (κ2) is 7.21. The van der Waals surface area contributed by atoms with Crippen LogP contribution in [0.15, 0.2) is 30.5 Å². The molecular formula is C22H28N4O3. The minimum atomic E-state index is -0.280. The summed E-state index contributed by atoms with van der Waals surface area (Å²) in [6, 6.07) is 7.71. The fourth-order valence-electron chi connectivity index (χ4n) is 4.45. The van der Waals surface area contributed by atoms with Gasteiger partial charge in [0.25, 0.3) is 0 Å². The van der Waals surface area contributed by atoms with E-state index in [1.807, 2.05) is 35.1 Å². The first-order valence-corrected chi connectivity index (χ1v) is 10.0. The molecule has 29 heavy (non-hydrogen) atoms. The molecule has 1 fully saturated rings. The monoisotopic (exact) mass is 396 g/mol. The fraction of sp³-hybridized carbons (Fsp3) is 0.500. The van der Waals surface area contributed by atoms with Gasteiger partial charge < -0.3 is 15.0 Å². The molecule has 0 saturated carbocycles. The smallest absolute Gasteiger partial charge is 0.225 e. The molecule has 1 N–H and O–H groups in total. The van der Waals surface area contributed by atoms with E-state index in [9.17, 15) is 9.59 Å². The Kier molecular flexibility index (Phi) is 4.84. The first kappa shape index (κ1) is 19.5. The molecule has 7 heteroatoms. The number of methoxy groups -OCH3 is 1. The van der Waals surface area contributed by atoms with Gasteiger partial charge in [-0.15, -0.1) is 0 Å². The van der Waals surface area contributed by atoms with Crippen LogP contribution in [0.5, 0.6) is 5.75 Å². The molecule has 0 bridgehead atoms. The molecule has 1 aliphatic carbocycles. The molecule has 1 saturated heterocycles. The highest BCUT2D eigenvalue weighted by atomic mass is 16.5. The Labute approximate surface area is 171 Å². The fourth-order valence-corrected chi connectivity index (χ4v) is 4.45. The van der Waals surface area contributed by atoms with Crippen LogP contribution in [0, 0.1) is 11.3 Å². The highest BCUT2D eigenvalue weighted by Gasteiger charge is 2.38. The van der Waals surface area contributed by atoms with Crippen molar-refractivity contribution >= 4 is 11.8 Å². The predicted octanol–water partition coefficient (Wildman–Crippen LogP) is 2.49. The van der Waals surface area contributed by atoms with Gasteiger partial charge in [-0.25, -0.2) is 4.68 Å². The van der Waals surface area contributed by atoms with Crippen molar-refractivity contribution in [2.75, 3.05) is 20.7 Å². The van der Waals surface area contributed by atoms with E-state index in [-0.39, 0.29) is 35.6 Å². The molecule has 2 heterocycles. The van der Waals surface area contributed by atoms with Crippen molar-refractivity contribution < 1.29 is 14.3 Å². The molecule has 2 amide bonds. The summed E-state index contributed by atoms with van der Waals surface area (Å²) in [7, 11) is 3.40. The SMILES string of the molecule is COc1ccc(-n2ncc3c2CC(C)(C)C[C@H]3NC(=O)[C@H]2CC(=O)N(C)C2)cc1. The van der Waals surface area contributed by atoms with Gasteiger partial charge in [0.05, 0.1) is 36.6 Å². The molecule has 2 atom stereocenters. The van der Waals surface area contributed by atoms with Gasteiger partial charge in [0.15, 0.2) is 0 Å². The average Bonchev–Trinajstić information content (AvgIpc) is 3.24. The maximum Gasteiger partial charge on any atom is 0.225 e. The van der Waals surface area contributed by atoms with Crippen LogP contribution >= 0.6 is 0 Å². The third kappa shape index (κ3) is 3.73. The molecule has 2 aromatic rings. The van der Waals surface area contributed by atoms with Crippen LogP contribution in [0.1, 0.15) is 44.0 Å². The van der Waals surface area contributed by atoms with E-state index in [1.165, 1.54) is 0 Å². The van der Waals surface area contributed by atoms with Crippen LogP contribution in [0.4, 0.5) is 0 Å². The zero-order chi connectivity index (χ0) is 20.8. The molecule has 1 aliphatic heterocycles. The lowest BCUT2D eigenvalue weighted by Crippen LogP contribution is -2.40. The minimum Gasteiger partial charge on any atom is -0.497 e. The number of rotatable bonds is 4. The molecule has 7 nitrogen and oxygen atoms in total. The number of carbonyl (C=O) groups is 2. The largest absolute Gasteiger partial charge is 0.497 e. The highest BCUT2D eigenvalue weighted by molar-refractivity contribution is 5.89. The second-order valence-corrected chi connectivity index (χ2v) is 8.94. The van der Waals surface area contributed by atoms with Gasteiger partial charge in [-0.3, -0.25) is 9.59 Å². The van der Waals surface area contributed by atoms with Gasteiger partial charge >= 0.3 is 0 Å². The van der Waals surface area contributed by atoms with Gasteiger partial charge in [-0.2, -0.15) is 5.10 Å². The Balaban J connectivity index is 1.61. The van der Waals surface area contributed by atoms with E-state index in [4.69, 9.17) is 4.74 Å². The Morgan fingerprint density at radius 3 is 2.62 bits per heavy atom. The summed E-state index contributed by atoms with van der Waals surface area (Å²) in [6.45, 7) is 4.92. The molecule has 1 aromatic carbocycles. The van der Waals surface area contributed by atoms with Crippen molar-refractivity contribution in [3.05, 3.63) is 41.7 Å². The van der Waals surface area contributed by atoms with Crippen molar-refractivity contribution in [3.63, 3.8) is 0 Å². The summed E-state index contributed by atoms with van der Waals surface area (Å²) in [4.78, 5) is 26.3. The topological polar surface area (TPSA) is 76.5 Å². The molecule has 0 unspecified atom stereocenters. The number of ether oxygens (including phenoxy) is 1. The average molecular weight is 396 g/mol.